The number of rotatable bonds is 2. The molecule has 1 aliphatic heterocycles. The van der Waals surface area contributed by atoms with E-state index in [4.69, 9.17) is 10.5 Å². The minimum atomic E-state index is 0.361. The maximum atomic E-state index is 6.06. The van der Waals surface area contributed by atoms with Gasteiger partial charge in [-0.2, -0.15) is 0 Å². The second-order valence-corrected chi connectivity index (χ2v) is 5.03. The second kappa shape index (κ2) is 2.24. The van der Waals surface area contributed by atoms with Crippen LogP contribution < -0.4 is 5.73 Å². The van der Waals surface area contributed by atoms with Crippen LogP contribution in [0.2, 0.25) is 0 Å². The van der Waals surface area contributed by atoms with Crippen molar-refractivity contribution in [3.8, 4) is 0 Å². The third-order valence-corrected chi connectivity index (χ3v) is 4.05. The lowest BCUT2D eigenvalue weighted by Crippen LogP contribution is -2.45. The number of nitrogens with two attached hydrogens (primary N) is 1. The van der Waals surface area contributed by atoms with Gasteiger partial charge in [0.05, 0.1) is 13.2 Å². The van der Waals surface area contributed by atoms with Crippen LogP contribution in [0.5, 0.6) is 0 Å². The quantitative estimate of drug-likeness (QED) is 0.678. The van der Waals surface area contributed by atoms with E-state index in [1.807, 2.05) is 0 Å². The van der Waals surface area contributed by atoms with Gasteiger partial charge in [-0.25, -0.2) is 0 Å². The first-order valence-corrected chi connectivity index (χ1v) is 4.88. The van der Waals surface area contributed by atoms with E-state index in [0.29, 0.717) is 22.8 Å². The molecule has 1 heterocycles. The molecule has 0 radical (unpaired) electrons. The molecule has 12 heavy (non-hydrogen) atoms. The molecule has 2 rings (SSSR count). The van der Waals surface area contributed by atoms with Gasteiger partial charge in [-0.3, -0.25) is 0 Å². The molecule has 2 heteroatoms. The van der Waals surface area contributed by atoms with Gasteiger partial charge >= 0.3 is 0 Å². The van der Waals surface area contributed by atoms with Crippen LogP contribution in [0.4, 0.5) is 0 Å². The zero-order chi connectivity index (χ0) is 8.98. The fourth-order valence-electron chi connectivity index (χ4n) is 2.82. The van der Waals surface area contributed by atoms with Crippen LogP contribution in [0.15, 0.2) is 0 Å². The van der Waals surface area contributed by atoms with Crippen molar-refractivity contribution in [2.24, 2.45) is 22.5 Å². The zero-order valence-corrected chi connectivity index (χ0v) is 8.26. The predicted molar refractivity (Wildman–Crippen MR) is 48.8 cm³/mol. The van der Waals surface area contributed by atoms with Gasteiger partial charge in [0.2, 0.25) is 0 Å². The Bertz CT molecular complexity index is 191. The summed E-state index contributed by atoms with van der Waals surface area (Å²) in [5.41, 5.74) is 6.85. The molecule has 2 aliphatic rings. The van der Waals surface area contributed by atoms with Crippen molar-refractivity contribution in [1.29, 1.82) is 0 Å². The van der Waals surface area contributed by atoms with E-state index in [-0.39, 0.29) is 0 Å². The standard InChI is InChI=1S/C10H19NO/c1-4-10(5-12-6-10)7-8(11)9(7,2)3/h7-8H,4-6,11H2,1-3H3. The van der Waals surface area contributed by atoms with Crippen molar-refractivity contribution in [3.63, 3.8) is 0 Å². The average molecular weight is 169 g/mol. The molecule has 0 amide bonds. The zero-order valence-electron chi connectivity index (χ0n) is 8.26. The van der Waals surface area contributed by atoms with Crippen LogP contribution in [-0.4, -0.2) is 19.3 Å². The maximum Gasteiger partial charge on any atom is 0.0548 e. The Hall–Kier alpha value is -0.0800. The van der Waals surface area contributed by atoms with E-state index in [9.17, 15) is 0 Å². The summed E-state index contributed by atoms with van der Waals surface area (Å²) in [6, 6.07) is 0.404. The van der Waals surface area contributed by atoms with E-state index in [1.54, 1.807) is 0 Å². The molecule has 0 bridgehead atoms. The van der Waals surface area contributed by atoms with Crippen LogP contribution in [-0.2, 0) is 4.74 Å². The summed E-state index contributed by atoms with van der Waals surface area (Å²) in [4.78, 5) is 0. The molecule has 2 unspecified atom stereocenters. The molecule has 70 valence electrons. The van der Waals surface area contributed by atoms with Crippen molar-refractivity contribution < 1.29 is 4.74 Å². The summed E-state index contributed by atoms with van der Waals surface area (Å²) in [6.07, 6.45) is 1.22. The Labute approximate surface area is 74.5 Å². The highest BCUT2D eigenvalue weighted by atomic mass is 16.5. The third-order valence-electron chi connectivity index (χ3n) is 4.05. The van der Waals surface area contributed by atoms with Gasteiger partial charge in [-0.15, -0.1) is 0 Å². The molecule has 0 aromatic rings. The SMILES string of the molecule is CCC1(C2C(N)C2(C)C)COC1. The predicted octanol–water partition coefficient (Wildman–Crippen LogP) is 1.40. The highest BCUT2D eigenvalue weighted by Gasteiger charge is 2.66. The van der Waals surface area contributed by atoms with Crippen LogP contribution in [0.25, 0.3) is 0 Å². The first-order valence-electron chi connectivity index (χ1n) is 4.88. The van der Waals surface area contributed by atoms with Gasteiger partial charge in [-0.1, -0.05) is 20.8 Å². The lowest BCUT2D eigenvalue weighted by molar-refractivity contribution is -0.134. The summed E-state index contributed by atoms with van der Waals surface area (Å²) >= 11 is 0. The first-order chi connectivity index (χ1) is 5.54. The van der Waals surface area contributed by atoms with Gasteiger partial charge in [0.1, 0.15) is 0 Å². The lowest BCUT2D eigenvalue weighted by Gasteiger charge is -2.42. The Balaban J connectivity index is 2.11. The summed E-state index contributed by atoms with van der Waals surface area (Å²) in [6.45, 7) is 8.68. The van der Waals surface area contributed by atoms with Crippen molar-refractivity contribution in [3.05, 3.63) is 0 Å². The average Bonchev–Trinajstić information content (AvgIpc) is 2.38. The number of hydrogen-bond acceptors (Lipinski definition) is 2. The molecule has 2 nitrogen and oxygen atoms in total. The normalized spacial score (nSPS) is 42.0. The Kier molecular flexibility index (Phi) is 1.59. The molecule has 1 aliphatic carbocycles. The van der Waals surface area contributed by atoms with E-state index >= 15 is 0 Å². The summed E-state index contributed by atoms with van der Waals surface area (Å²) in [5.74, 6) is 0.698. The molecule has 0 spiro atoms. The molecule has 0 aromatic heterocycles. The molecule has 1 saturated heterocycles. The topological polar surface area (TPSA) is 35.2 Å². The minimum absolute atomic E-state index is 0.361. The fraction of sp³-hybridized carbons (Fsp3) is 1.00. The van der Waals surface area contributed by atoms with Gasteiger partial charge in [0.15, 0.2) is 0 Å². The number of ether oxygens (including phenoxy) is 1. The molecule has 1 saturated carbocycles. The number of hydrogen-bond donors (Lipinski definition) is 1. The third kappa shape index (κ3) is 0.826. The summed E-state index contributed by atoms with van der Waals surface area (Å²) < 4.78 is 5.32. The maximum absolute atomic E-state index is 6.06. The van der Waals surface area contributed by atoms with Crippen molar-refractivity contribution in [2.75, 3.05) is 13.2 Å². The molecule has 2 N–H and O–H groups in total. The summed E-state index contributed by atoms with van der Waals surface area (Å²) in [5, 5.41) is 0. The molecule has 2 atom stereocenters. The Morgan fingerprint density at radius 2 is 1.92 bits per heavy atom. The van der Waals surface area contributed by atoms with E-state index in [1.165, 1.54) is 6.42 Å². The van der Waals surface area contributed by atoms with Crippen molar-refractivity contribution in [2.45, 2.75) is 33.2 Å². The van der Waals surface area contributed by atoms with Crippen molar-refractivity contribution >= 4 is 0 Å². The van der Waals surface area contributed by atoms with Crippen molar-refractivity contribution in [1.82, 2.24) is 0 Å². The highest BCUT2D eigenvalue weighted by molar-refractivity contribution is 5.17. The van der Waals surface area contributed by atoms with Crippen LogP contribution in [0.3, 0.4) is 0 Å². The smallest absolute Gasteiger partial charge is 0.0548 e. The molecule has 2 fully saturated rings. The fourth-order valence-corrected chi connectivity index (χ4v) is 2.82. The van der Waals surface area contributed by atoms with Crippen LogP contribution >= 0.6 is 0 Å². The Morgan fingerprint density at radius 3 is 2.00 bits per heavy atom. The highest BCUT2D eigenvalue weighted by Crippen LogP contribution is 2.62. The van der Waals surface area contributed by atoms with E-state index < -0.39 is 0 Å². The largest absolute Gasteiger partial charge is 0.380 e. The minimum Gasteiger partial charge on any atom is -0.380 e. The molecular formula is C10H19NO. The lowest BCUT2D eigenvalue weighted by atomic mass is 9.75. The second-order valence-electron chi connectivity index (χ2n) is 5.03. The van der Waals surface area contributed by atoms with Gasteiger partial charge in [0, 0.05) is 11.5 Å². The first kappa shape index (κ1) is 8.52. The molecule has 0 aromatic carbocycles. The van der Waals surface area contributed by atoms with Gasteiger partial charge in [-0.05, 0) is 17.8 Å². The van der Waals surface area contributed by atoms with E-state index in [2.05, 4.69) is 20.8 Å². The van der Waals surface area contributed by atoms with Crippen LogP contribution in [0.1, 0.15) is 27.2 Å². The van der Waals surface area contributed by atoms with Gasteiger partial charge in [0.25, 0.3) is 0 Å². The Morgan fingerprint density at radius 1 is 1.42 bits per heavy atom. The van der Waals surface area contributed by atoms with E-state index in [0.717, 1.165) is 13.2 Å². The monoisotopic (exact) mass is 169 g/mol. The van der Waals surface area contributed by atoms with Crippen LogP contribution in [0, 0.1) is 16.7 Å². The summed E-state index contributed by atoms with van der Waals surface area (Å²) in [7, 11) is 0. The van der Waals surface area contributed by atoms with Gasteiger partial charge < -0.3 is 10.5 Å². The molecular weight excluding hydrogens is 150 g/mol.